The highest BCUT2D eigenvalue weighted by molar-refractivity contribution is 9.10. The van der Waals surface area contributed by atoms with E-state index in [1.807, 2.05) is 32.0 Å². The maximum Gasteiger partial charge on any atom is 0.238 e. The molecule has 0 radical (unpaired) electrons. The van der Waals surface area contributed by atoms with Crippen LogP contribution in [0, 0.1) is 0 Å². The SMILES string of the molecule is CC1(C)Cc2cccc(Oc3ncnc(Cl)c3Br)c2O1. The third-order valence-corrected chi connectivity index (χ3v) is 4.21. The number of hydrogen-bond donors (Lipinski definition) is 0. The Labute approximate surface area is 130 Å². The minimum absolute atomic E-state index is 0.220. The molecule has 3 rings (SSSR count). The van der Waals surface area contributed by atoms with Crippen LogP contribution in [0.5, 0.6) is 17.4 Å². The van der Waals surface area contributed by atoms with Crippen molar-refractivity contribution in [3.63, 3.8) is 0 Å². The van der Waals surface area contributed by atoms with Gasteiger partial charge in [0.15, 0.2) is 16.7 Å². The van der Waals surface area contributed by atoms with Gasteiger partial charge in [0.05, 0.1) is 0 Å². The highest BCUT2D eigenvalue weighted by atomic mass is 79.9. The van der Waals surface area contributed by atoms with Gasteiger partial charge in [-0.15, -0.1) is 0 Å². The van der Waals surface area contributed by atoms with Crippen LogP contribution in [0.4, 0.5) is 0 Å². The van der Waals surface area contributed by atoms with Gasteiger partial charge >= 0.3 is 0 Å². The maximum absolute atomic E-state index is 5.95. The van der Waals surface area contributed by atoms with Crippen LogP contribution in [0.2, 0.25) is 5.15 Å². The van der Waals surface area contributed by atoms with Crippen molar-refractivity contribution < 1.29 is 9.47 Å². The minimum atomic E-state index is -0.220. The van der Waals surface area contributed by atoms with Crippen LogP contribution in [0.15, 0.2) is 29.0 Å². The van der Waals surface area contributed by atoms with Gasteiger partial charge in [0, 0.05) is 12.0 Å². The van der Waals surface area contributed by atoms with E-state index < -0.39 is 0 Å². The molecule has 20 heavy (non-hydrogen) atoms. The number of nitrogens with zero attached hydrogens (tertiary/aromatic N) is 2. The van der Waals surface area contributed by atoms with Crippen molar-refractivity contribution in [3.8, 4) is 17.4 Å². The molecule has 0 saturated carbocycles. The fourth-order valence-corrected chi connectivity index (χ4v) is 2.59. The first-order valence-corrected chi connectivity index (χ1v) is 7.28. The maximum atomic E-state index is 5.95. The second-order valence-corrected chi connectivity index (χ2v) is 6.32. The minimum Gasteiger partial charge on any atom is -0.483 e. The van der Waals surface area contributed by atoms with Gasteiger partial charge in [-0.3, -0.25) is 0 Å². The molecule has 104 valence electrons. The Kier molecular flexibility index (Phi) is 3.34. The number of rotatable bonds is 2. The quantitative estimate of drug-likeness (QED) is 0.749. The molecule has 2 heterocycles. The summed E-state index contributed by atoms with van der Waals surface area (Å²) in [6.45, 7) is 4.10. The average Bonchev–Trinajstić information content (AvgIpc) is 2.70. The molecule has 0 bridgehead atoms. The van der Waals surface area contributed by atoms with E-state index in [-0.39, 0.29) is 5.60 Å². The van der Waals surface area contributed by atoms with Crippen LogP contribution in [-0.2, 0) is 6.42 Å². The Morgan fingerprint density at radius 3 is 2.95 bits per heavy atom. The molecular formula is C14H12BrClN2O2. The zero-order valence-electron chi connectivity index (χ0n) is 11.0. The van der Waals surface area contributed by atoms with Gasteiger partial charge in [0.1, 0.15) is 16.4 Å². The molecule has 2 aromatic rings. The summed E-state index contributed by atoms with van der Waals surface area (Å²) in [6.07, 6.45) is 2.21. The lowest BCUT2D eigenvalue weighted by Crippen LogP contribution is -2.24. The Morgan fingerprint density at radius 2 is 2.15 bits per heavy atom. The summed E-state index contributed by atoms with van der Waals surface area (Å²) in [7, 11) is 0. The number of ether oxygens (including phenoxy) is 2. The highest BCUT2D eigenvalue weighted by Crippen LogP contribution is 2.44. The van der Waals surface area contributed by atoms with Gasteiger partial charge in [-0.05, 0) is 35.8 Å². The van der Waals surface area contributed by atoms with E-state index in [9.17, 15) is 0 Å². The van der Waals surface area contributed by atoms with Gasteiger partial charge in [-0.25, -0.2) is 9.97 Å². The van der Waals surface area contributed by atoms with Crippen LogP contribution in [0.3, 0.4) is 0 Å². The zero-order valence-corrected chi connectivity index (χ0v) is 13.3. The fourth-order valence-electron chi connectivity index (χ4n) is 2.18. The standard InChI is InChI=1S/C14H12BrClN2O2/c1-14(2)6-8-4-3-5-9(11(8)20-14)19-13-10(15)12(16)17-7-18-13/h3-5,7H,6H2,1-2H3. The van der Waals surface area contributed by atoms with Crippen LogP contribution in [-0.4, -0.2) is 15.6 Å². The number of fused-ring (bicyclic) bond motifs is 1. The number of aromatic nitrogens is 2. The summed E-state index contributed by atoms with van der Waals surface area (Å²) in [5, 5.41) is 0.309. The van der Waals surface area contributed by atoms with E-state index in [1.165, 1.54) is 6.33 Å². The molecule has 4 nitrogen and oxygen atoms in total. The molecule has 6 heteroatoms. The second kappa shape index (κ2) is 4.90. The molecule has 0 amide bonds. The molecule has 0 saturated heterocycles. The smallest absolute Gasteiger partial charge is 0.238 e. The van der Waals surface area contributed by atoms with Crippen LogP contribution < -0.4 is 9.47 Å². The van der Waals surface area contributed by atoms with E-state index in [1.54, 1.807) is 0 Å². The van der Waals surface area contributed by atoms with Crippen molar-refractivity contribution in [3.05, 3.63) is 39.7 Å². The zero-order chi connectivity index (χ0) is 14.3. The highest BCUT2D eigenvalue weighted by Gasteiger charge is 2.32. The Hall–Kier alpha value is -1.33. The van der Waals surface area contributed by atoms with Crippen molar-refractivity contribution in [2.75, 3.05) is 0 Å². The lowest BCUT2D eigenvalue weighted by molar-refractivity contribution is 0.135. The molecule has 1 aromatic heterocycles. The number of benzene rings is 1. The molecule has 1 aliphatic heterocycles. The van der Waals surface area contributed by atoms with Crippen molar-refractivity contribution >= 4 is 27.5 Å². The first-order chi connectivity index (χ1) is 9.46. The normalized spacial score (nSPS) is 15.6. The molecule has 0 unspecified atom stereocenters. The van der Waals surface area contributed by atoms with Crippen molar-refractivity contribution in [1.29, 1.82) is 0 Å². The van der Waals surface area contributed by atoms with Gasteiger partial charge in [-0.2, -0.15) is 0 Å². The van der Waals surface area contributed by atoms with Crippen molar-refractivity contribution in [2.45, 2.75) is 25.9 Å². The third-order valence-electron chi connectivity index (χ3n) is 2.98. The number of halogens is 2. The van der Waals surface area contributed by atoms with Crippen LogP contribution in [0.1, 0.15) is 19.4 Å². The van der Waals surface area contributed by atoms with Crippen molar-refractivity contribution in [2.24, 2.45) is 0 Å². The van der Waals surface area contributed by atoms with E-state index in [4.69, 9.17) is 21.1 Å². The Balaban J connectivity index is 1.98. The first kappa shape index (κ1) is 13.6. The van der Waals surface area contributed by atoms with E-state index in [0.717, 1.165) is 17.7 Å². The summed E-state index contributed by atoms with van der Waals surface area (Å²) in [5.74, 6) is 1.76. The summed E-state index contributed by atoms with van der Waals surface area (Å²) in [6, 6.07) is 5.83. The predicted molar refractivity (Wildman–Crippen MR) is 79.7 cm³/mol. The largest absolute Gasteiger partial charge is 0.483 e. The summed E-state index contributed by atoms with van der Waals surface area (Å²) >= 11 is 9.25. The van der Waals surface area contributed by atoms with Gasteiger partial charge in [-0.1, -0.05) is 23.7 Å². The molecule has 0 N–H and O–H groups in total. The lowest BCUT2D eigenvalue weighted by atomic mass is 10.0. The fraction of sp³-hybridized carbons (Fsp3) is 0.286. The third kappa shape index (κ3) is 2.47. The Morgan fingerprint density at radius 1 is 1.35 bits per heavy atom. The molecule has 1 aromatic carbocycles. The number of para-hydroxylation sites is 1. The van der Waals surface area contributed by atoms with Gasteiger partial charge in [0.25, 0.3) is 0 Å². The lowest BCUT2D eigenvalue weighted by Gasteiger charge is -2.18. The molecule has 1 aliphatic rings. The molecular weight excluding hydrogens is 344 g/mol. The topological polar surface area (TPSA) is 44.2 Å². The number of hydrogen-bond acceptors (Lipinski definition) is 4. The van der Waals surface area contributed by atoms with E-state index >= 15 is 0 Å². The predicted octanol–water partition coefficient (Wildman–Crippen LogP) is 4.40. The summed E-state index contributed by atoms with van der Waals surface area (Å²) in [5.41, 5.74) is 0.909. The van der Waals surface area contributed by atoms with E-state index in [0.29, 0.717) is 21.3 Å². The van der Waals surface area contributed by atoms with Gasteiger partial charge < -0.3 is 9.47 Å². The average molecular weight is 356 g/mol. The Bertz CT molecular complexity index is 676. The monoisotopic (exact) mass is 354 g/mol. The summed E-state index contributed by atoms with van der Waals surface area (Å²) < 4.78 is 12.3. The van der Waals surface area contributed by atoms with Crippen LogP contribution >= 0.6 is 27.5 Å². The molecule has 0 atom stereocenters. The molecule has 0 aliphatic carbocycles. The second-order valence-electron chi connectivity index (χ2n) is 5.17. The van der Waals surface area contributed by atoms with E-state index in [2.05, 4.69) is 25.9 Å². The van der Waals surface area contributed by atoms with Crippen molar-refractivity contribution in [1.82, 2.24) is 9.97 Å². The molecule has 0 spiro atoms. The first-order valence-electron chi connectivity index (χ1n) is 6.11. The van der Waals surface area contributed by atoms with Gasteiger partial charge in [0.2, 0.25) is 5.88 Å². The summed E-state index contributed by atoms with van der Waals surface area (Å²) in [4.78, 5) is 7.95. The van der Waals surface area contributed by atoms with Crippen LogP contribution in [0.25, 0.3) is 0 Å². The molecule has 0 fully saturated rings.